The van der Waals surface area contributed by atoms with Crippen molar-refractivity contribution in [1.29, 1.82) is 0 Å². The quantitative estimate of drug-likeness (QED) is 0.505. The maximum atomic E-state index is 10.6. The molecule has 0 aliphatic carbocycles. The van der Waals surface area contributed by atoms with E-state index in [9.17, 15) is 8.42 Å². The topological polar surface area (TPSA) is 63.6 Å². The summed E-state index contributed by atoms with van der Waals surface area (Å²) in [4.78, 5) is 0. The minimum absolute atomic E-state index is 0.0722. The van der Waals surface area contributed by atoms with Crippen LogP contribution in [0.15, 0.2) is 18.7 Å². The van der Waals surface area contributed by atoms with Gasteiger partial charge in [0, 0.05) is 0 Å². The molecule has 4 nitrogen and oxygen atoms in total. The average molecular weight is 494 g/mol. The van der Waals surface area contributed by atoms with Crippen LogP contribution in [0.5, 0.6) is 5.75 Å². The van der Waals surface area contributed by atoms with Crippen molar-refractivity contribution in [3.8, 4) is 5.75 Å². The van der Waals surface area contributed by atoms with Crippen LogP contribution < -0.4 is 4.74 Å². The number of allylic oxidation sites excluding steroid dienone is 1. The third-order valence-electron chi connectivity index (χ3n) is 2.08. The SMILES string of the molecule is C=C(C)c1cc(I)c(OCCS(=O)(=O)O)c(I)c1. The number of rotatable bonds is 5. The first kappa shape index (κ1) is 16.2. The summed E-state index contributed by atoms with van der Waals surface area (Å²) >= 11 is 4.25. The van der Waals surface area contributed by atoms with Gasteiger partial charge in [-0.05, 0) is 69.8 Å². The Morgan fingerprint density at radius 2 is 1.89 bits per heavy atom. The fourth-order valence-electron chi connectivity index (χ4n) is 1.19. The molecule has 1 N–H and O–H groups in total. The molecule has 0 atom stereocenters. The van der Waals surface area contributed by atoms with Gasteiger partial charge in [-0.15, -0.1) is 0 Å². The number of hydrogen-bond acceptors (Lipinski definition) is 3. The second kappa shape index (κ2) is 6.53. The fourth-order valence-corrected chi connectivity index (χ4v) is 3.57. The first-order chi connectivity index (χ1) is 8.20. The maximum Gasteiger partial charge on any atom is 0.268 e. The van der Waals surface area contributed by atoms with Crippen LogP contribution in [0.1, 0.15) is 12.5 Å². The van der Waals surface area contributed by atoms with Crippen molar-refractivity contribution < 1.29 is 17.7 Å². The Hall–Kier alpha value is 0.130. The van der Waals surface area contributed by atoms with E-state index in [-0.39, 0.29) is 6.61 Å². The van der Waals surface area contributed by atoms with Crippen molar-refractivity contribution in [2.24, 2.45) is 0 Å². The molecule has 0 bridgehead atoms. The predicted molar refractivity (Wildman–Crippen MR) is 88.5 cm³/mol. The average Bonchev–Trinajstić information content (AvgIpc) is 2.20. The van der Waals surface area contributed by atoms with E-state index >= 15 is 0 Å². The van der Waals surface area contributed by atoms with Gasteiger partial charge >= 0.3 is 0 Å². The van der Waals surface area contributed by atoms with E-state index in [0.29, 0.717) is 5.75 Å². The van der Waals surface area contributed by atoms with Crippen LogP contribution in [0.4, 0.5) is 0 Å². The number of halogens is 2. The molecular formula is C11H12I2O4S. The van der Waals surface area contributed by atoms with E-state index in [1.54, 1.807) is 0 Å². The molecule has 1 aromatic rings. The van der Waals surface area contributed by atoms with Gasteiger partial charge in [0.15, 0.2) is 0 Å². The van der Waals surface area contributed by atoms with Crippen molar-refractivity contribution in [3.05, 3.63) is 31.4 Å². The van der Waals surface area contributed by atoms with Gasteiger partial charge in [-0.2, -0.15) is 8.42 Å². The Morgan fingerprint density at radius 3 is 2.28 bits per heavy atom. The normalized spacial score (nSPS) is 11.3. The minimum atomic E-state index is -3.99. The zero-order valence-electron chi connectivity index (χ0n) is 9.61. The predicted octanol–water partition coefficient (Wildman–Crippen LogP) is 3.20. The maximum absolute atomic E-state index is 10.6. The van der Waals surface area contributed by atoms with Gasteiger partial charge in [0.1, 0.15) is 18.1 Å². The summed E-state index contributed by atoms with van der Waals surface area (Å²) in [5.74, 6) is 0.214. The summed E-state index contributed by atoms with van der Waals surface area (Å²) in [5.41, 5.74) is 1.97. The molecule has 1 rings (SSSR count). The summed E-state index contributed by atoms with van der Waals surface area (Å²) in [5, 5.41) is 0. The lowest BCUT2D eigenvalue weighted by Gasteiger charge is -2.11. The third kappa shape index (κ3) is 5.02. The van der Waals surface area contributed by atoms with E-state index in [4.69, 9.17) is 9.29 Å². The first-order valence-electron chi connectivity index (χ1n) is 4.93. The van der Waals surface area contributed by atoms with Gasteiger partial charge in [-0.1, -0.05) is 12.2 Å². The highest BCUT2D eigenvalue weighted by molar-refractivity contribution is 14.1. The molecule has 0 aromatic heterocycles. The third-order valence-corrected chi connectivity index (χ3v) is 4.36. The molecular weight excluding hydrogens is 482 g/mol. The highest BCUT2D eigenvalue weighted by Gasteiger charge is 2.11. The van der Waals surface area contributed by atoms with Crippen LogP contribution in [0, 0.1) is 7.14 Å². The van der Waals surface area contributed by atoms with E-state index in [1.165, 1.54) is 0 Å². The number of benzene rings is 1. The van der Waals surface area contributed by atoms with E-state index < -0.39 is 15.9 Å². The number of ether oxygens (including phenoxy) is 1. The lowest BCUT2D eigenvalue weighted by atomic mass is 10.1. The molecule has 100 valence electrons. The molecule has 0 amide bonds. The van der Waals surface area contributed by atoms with Gasteiger partial charge < -0.3 is 4.74 Å². The van der Waals surface area contributed by atoms with Crippen molar-refractivity contribution in [1.82, 2.24) is 0 Å². The lowest BCUT2D eigenvalue weighted by Crippen LogP contribution is -2.13. The van der Waals surface area contributed by atoms with Gasteiger partial charge in [-0.25, -0.2) is 0 Å². The molecule has 18 heavy (non-hydrogen) atoms. The molecule has 0 heterocycles. The first-order valence-corrected chi connectivity index (χ1v) is 8.70. The van der Waals surface area contributed by atoms with E-state index in [2.05, 4.69) is 51.8 Å². The molecule has 0 aliphatic heterocycles. The van der Waals surface area contributed by atoms with Crippen molar-refractivity contribution >= 4 is 60.9 Å². The second-order valence-electron chi connectivity index (χ2n) is 3.68. The zero-order chi connectivity index (χ0) is 13.9. The van der Waals surface area contributed by atoms with Crippen molar-refractivity contribution in [3.63, 3.8) is 0 Å². The van der Waals surface area contributed by atoms with Crippen molar-refractivity contribution in [2.75, 3.05) is 12.4 Å². The summed E-state index contributed by atoms with van der Waals surface area (Å²) in [6.45, 7) is 5.72. The van der Waals surface area contributed by atoms with Crippen LogP contribution in [-0.4, -0.2) is 25.3 Å². The van der Waals surface area contributed by atoms with Gasteiger partial charge in [0.2, 0.25) is 0 Å². The second-order valence-corrected chi connectivity index (χ2v) is 7.58. The molecule has 0 radical (unpaired) electrons. The Kier molecular flexibility index (Phi) is 5.87. The summed E-state index contributed by atoms with van der Waals surface area (Å²) < 4.78 is 37.0. The molecule has 0 saturated heterocycles. The highest BCUT2D eigenvalue weighted by Crippen LogP contribution is 2.30. The van der Waals surface area contributed by atoms with Crippen LogP contribution >= 0.6 is 45.2 Å². The molecule has 0 aliphatic rings. The van der Waals surface area contributed by atoms with Crippen molar-refractivity contribution in [2.45, 2.75) is 6.92 Å². The van der Waals surface area contributed by atoms with Crippen LogP contribution in [0.25, 0.3) is 5.57 Å². The standard InChI is InChI=1S/C11H12I2O4S/c1-7(2)8-5-9(12)11(10(13)6-8)17-3-4-18(14,15)16/h5-6H,1,3-4H2,2H3,(H,14,15,16). The van der Waals surface area contributed by atoms with Crippen LogP contribution in [0.3, 0.4) is 0 Å². The Balaban J connectivity index is 2.87. The van der Waals surface area contributed by atoms with Gasteiger partial charge in [0.25, 0.3) is 10.1 Å². The Morgan fingerprint density at radius 1 is 1.39 bits per heavy atom. The van der Waals surface area contributed by atoms with E-state index in [1.807, 2.05) is 19.1 Å². The smallest absolute Gasteiger partial charge is 0.268 e. The molecule has 0 spiro atoms. The van der Waals surface area contributed by atoms with Crippen LogP contribution in [-0.2, 0) is 10.1 Å². The molecule has 0 fully saturated rings. The lowest BCUT2D eigenvalue weighted by molar-refractivity contribution is 0.331. The molecule has 7 heteroatoms. The van der Waals surface area contributed by atoms with Gasteiger partial charge in [0.05, 0.1) is 7.14 Å². The Labute approximate surface area is 134 Å². The summed E-state index contributed by atoms with van der Waals surface area (Å²) in [6, 6.07) is 3.85. The highest BCUT2D eigenvalue weighted by atomic mass is 127. The number of hydrogen-bond donors (Lipinski definition) is 1. The molecule has 0 unspecified atom stereocenters. The molecule has 1 aromatic carbocycles. The van der Waals surface area contributed by atoms with Crippen LogP contribution in [0.2, 0.25) is 0 Å². The molecule has 0 saturated carbocycles. The summed E-state index contributed by atoms with van der Waals surface area (Å²) in [6.07, 6.45) is 0. The summed E-state index contributed by atoms with van der Waals surface area (Å²) in [7, 11) is -3.99. The minimum Gasteiger partial charge on any atom is -0.490 e. The monoisotopic (exact) mass is 494 g/mol. The largest absolute Gasteiger partial charge is 0.490 e. The Bertz CT molecular complexity index is 543. The zero-order valence-corrected chi connectivity index (χ0v) is 14.7. The van der Waals surface area contributed by atoms with E-state index in [0.717, 1.165) is 18.3 Å². The fraction of sp³-hybridized carbons (Fsp3) is 0.273. The van der Waals surface area contributed by atoms with Gasteiger partial charge in [-0.3, -0.25) is 4.55 Å².